The summed E-state index contributed by atoms with van der Waals surface area (Å²) in [4.78, 5) is 27.3. The average molecular weight is 533 g/mol. The fourth-order valence-corrected chi connectivity index (χ4v) is 5.19. The molecule has 0 radical (unpaired) electrons. The van der Waals surface area contributed by atoms with Crippen LogP contribution in [-0.2, 0) is 17.9 Å². The molecule has 1 fully saturated rings. The lowest BCUT2D eigenvalue weighted by Crippen LogP contribution is -2.43. The molecular weight excluding hydrogens is 496 g/mol. The van der Waals surface area contributed by atoms with E-state index in [9.17, 15) is 9.59 Å². The van der Waals surface area contributed by atoms with Crippen LogP contribution in [0.5, 0.6) is 17.2 Å². The van der Waals surface area contributed by atoms with Gasteiger partial charge < -0.3 is 34.3 Å². The Morgan fingerprint density at radius 2 is 1.85 bits per heavy atom. The average Bonchev–Trinajstić information content (AvgIpc) is 2.98. The number of carbonyl (C=O) groups is 1. The highest BCUT2D eigenvalue weighted by Crippen LogP contribution is 2.31. The number of hydrogen-bond donors (Lipinski definition) is 2. The second kappa shape index (κ2) is 12.4. The summed E-state index contributed by atoms with van der Waals surface area (Å²) in [5, 5.41) is 7.15. The number of likely N-dealkylation sites (N-methyl/N-ethyl adjacent to an activating group) is 1. The van der Waals surface area contributed by atoms with E-state index >= 15 is 0 Å². The lowest BCUT2D eigenvalue weighted by molar-refractivity contribution is -0.115. The Labute approximate surface area is 228 Å². The van der Waals surface area contributed by atoms with Gasteiger partial charge >= 0.3 is 0 Å². The third-order valence-corrected chi connectivity index (χ3v) is 7.44. The summed E-state index contributed by atoms with van der Waals surface area (Å²) < 4.78 is 18.6. The Kier molecular flexibility index (Phi) is 8.48. The quantitative estimate of drug-likeness (QED) is 0.410. The van der Waals surface area contributed by atoms with E-state index in [-0.39, 0.29) is 11.5 Å². The molecule has 2 aromatic carbocycles. The number of methoxy groups -OCH3 is 1. The molecule has 0 bridgehead atoms. The van der Waals surface area contributed by atoms with Gasteiger partial charge in [-0.2, -0.15) is 0 Å². The number of carbonyl (C=O) groups excluding carboxylic acids is 1. The van der Waals surface area contributed by atoms with Gasteiger partial charge in [-0.3, -0.25) is 9.59 Å². The van der Waals surface area contributed by atoms with Gasteiger partial charge in [-0.05, 0) is 67.4 Å². The smallest absolute Gasteiger partial charge is 0.251 e. The molecule has 39 heavy (non-hydrogen) atoms. The molecule has 0 saturated carbocycles. The first-order chi connectivity index (χ1) is 19.0. The van der Waals surface area contributed by atoms with Crippen molar-refractivity contribution in [3.05, 3.63) is 70.0 Å². The maximum Gasteiger partial charge on any atom is 0.251 e. The minimum absolute atomic E-state index is 0.0942. The van der Waals surface area contributed by atoms with Crippen LogP contribution in [0.15, 0.2) is 53.3 Å². The molecule has 0 atom stereocenters. The molecule has 2 aliphatic heterocycles. The number of benzene rings is 2. The zero-order valence-electron chi connectivity index (χ0n) is 22.6. The second-order valence-corrected chi connectivity index (χ2v) is 9.90. The van der Waals surface area contributed by atoms with Gasteiger partial charge in [0, 0.05) is 56.3 Å². The van der Waals surface area contributed by atoms with E-state index in [1.54, 1.807) is 30.9 Å². The van der Waals surface area contributed by atoms with Crippen molar-refractivity contribution < 1.29 is 19.0 Å². The minimum Gasteiger partial charge on any atom is -0.497 e. The number of likely N-dealkylation sites (tertiary alicyclic amines) is 1. The monoisotopic (exact) mass is 532 g/mol. The Hall–Kier alpha value is -3.82. The summed E-state index contributed by atoms with van der Waals surface area (Å²) >= 11 is 0. The molecule has 0 spiro atoms. The van der Waals surface area contributed by atoms with Crippen molar-refractivity contribution in [2.75, 3.05) is 47.0 Å². The number of nitrogens with one attached hydrogen (secondary N) is 2. The summed E-state index contributed by atoms with van der Waals surface area (Å²) in [5.41, 5.74) is 2.61. The van der Waals surface area contributed by atoms with Crippen LogP contribution >= 0.6 is 0 Å². The molecule has 3 heterocycles. The van der Waals surface area contributed by atoms with Gasteiger partial charge in [-0.25, -0.2) is 0 Å². The van der Waals surface area contributed by atoms with Crippen LogP contribution in [0.2, 0.25) is 0 Å². The second-order valence-electron chi connectivity index (χ2n) is 9.90. The minimum atomic E-state index is -0.218. The number of hydrogen-bond acceptors (Lipinski definition) is 7. The highest BCUT2D eigenvalue weighted by Gasteiger charge is 2.20. The third-order valence-electron chi connectivity index (χ3n) is 7.44. The Morgan fingerprint density at radius 1 is 1.05 bits per heavy atom. The Morgan fingerprint density at radius 3 is 2.62 bits per heavy atom. The SMILES string of the molecule is CNC(=O)C=Cc1cc(=O)n(CCN2CCC(NCc3ccc4c(c3)OCCO4)CC2)c2cc(OC)ccc12. The molecule has 1 saturated heterocycles. The Bertz CT molecular complexity index is 1410. The van der Waals surface area contributed by atoms with Crippen molar-refractivity contribution in [2.24, 2.45) is 0 Å². The predicted molar refractivity (Wildman–Crippen MR) is 152 cm³/mol. The zero-order valence-corrected chi connectivity index (χ0v) is 22.6. The molecule has 206 valence electrons. The summed E-state index contributed by atoms with van der Waals surface area (Å²) in [7, 11) is 3.19. The first-order valence-corrected chi connectivity index (χ1v) is 13.5. The maximum atomic E-state index is 13.1. The molecule has 9 heteroatoms. The van der Waals surface area contributed by atoms with Gasteiger partial charge in [-0.1, -0.05) is 6.07 Å². The van der Waals surface area contributed by atoms with Gasteiger partial charge in [0.05, 0.1) is 12.6 Å². The summed E-state index contributed by atoms with van der Waals surface area (Å²) in [5.74, 6) is 2.11. The lowest BCUT2D eigenvalue weighted by Gasteiger charge is -2.32. The highest BCUT2D eigenvalue weighted by atomic mass is 16.6. The Balaban J connectivity index is 1.20. The van der Waals surface area contributed by atoms with Crippen molar-refractivity contribution in [1.82, 2.24) is 20.1 Å². The van der Waals surface area contributed by atoms with E-state index in [4.69, 9.17) is 14.2 Å². The number of pyridine rings is 1. The van der Waals surface area contributed by atoms with Crippen LogP contribution in [0.3, 0.4) is 0 Å². The van der Waals surface area contributed by atoms with E-state index < -0.39 is 0 Å². The molecule has 0 unspecified atom stereocenters. The largest absolute Gasteiger partial charge is 0.497 e. The van der Waals surface area contributed by atoms with Crippen LogP contribution in [0.1, 0.15) is 24.0 Å². The van der Waals surface area contributed by atoms with Crippen molar-refractivity contribution in [1.29, 1.82) is 0 Å². The maximum absolute atomic E-state index is 13.1. The van der Waals surface area contributed by atoms with Gasteiger partial charge in [0.15, 0.2) is 11.5 Å². The molecule has 5 rings (SSSR count). The van der Waals surface area contributed by atoms with Crippen LogP contribution in [-0.4, -0.2) is 68.4 Å². The molecule has 2 N–H and O–H groups in total. The van der Waals surface area contributed by atoms with E-state index in [2.05, 4.69) is 27.7 Å². The van der Waals surface area contributed by atoms with Gasteiger partial charge in [0.25, 0.3) is 5.56 Å². The van der Waals surface area contributed by atoms with Crippen molar-refractivity contribution >= 4 is 22.9 Å². The molecule has 3 aromatic rings. The van der Waals surface area contributed by atoms with Gasteiger partial charge in [0.2, 0.25) is 5.91 Å². The van der Waals surface area contributed by atoms with Crippen molar-refractivity contribution in [3.8, 4) is 17.2 Å². The topological polar surface area (TPSA) is 94.1 Å². The molecule has 1 amide bonds. The third kappa shape index (κ3) is 6.43. The molecule has 2 aliphatic rings. The van der Waals surface area contributed by atoms with E-state index in [1.807, 2.05) is 24.3 Å². The number of rotatable bonds is 9. The van der Waals surface area contributed by atoms with Crippen molar-refractivity contribution in [3.63, 3.8) is 0 Å². The zero-order chi connectivity index (χ0) is 27.2. The summed E-state index contributed by atoms with van der Waals surface area (Å²) in [6.45, 7) is 5.31. The van der Waals surface area contributed by atoms with E-state index in [0.717, 1.165) is 61.4 Å². The fourth-order valence-electron chi connectivity index (χ4n) is 5.19. The number of amides is 1. The molecular formula is C30H36N4O5. The summed E-state index contributed by atoms with van der Waals surface area (Å²) in [6.07, 6.45) is 5.23. The number of ether oxygens (including phenoxy) is 3. The van der Waals surface area contributed by atoms with E-state index in [1.165, 1.54) is 11.6 Å². The number of piperidine rings is 1. The van der Waals surface area contributed by atoms with Crippen LogP contribution in [0.25, 0.3) is 17.0 Å². The molecule has 0 aliphatic carbocycles. The summed E-state index contributed by atoms with van der Waals surface area (Å²) in [6, 6.07) is 13.9. The van der Waals surface area contributed by atoms with Crippen LogP contribution in [0.4, 0.5) is 0 Å². The lowest BCUT2D eigenvalue weighted by atomic mass is 10.0. The number of fused-ring (bicyclic) bond motifs is 2. The predicted octanol–water partition coefficient (Wildman–Crippen LogP) is 2.79. The first kappa shape index (κ1) is 26.8. The van der Waals surface area contributed by atoms with E-state index in [0.29, 0.717) is 37.1 Å². The number of nitrogens with zero attached hydrogens (tertiary/aromatic N) is 2. The standard InChI is InChI=1S/C30H36N4O5/c1-31-29(35)8-4-22-18-30(36)34(26-19-24(37-2)5-6-25(22)26)14-13-33-11-9-23(10-12-33)32-20-21-3-7-27-28(17-21)39-16-15-38-27/h3-8,17-19,23,32H,9-16,20H2,1-2H3,(H,31,35). The normalized spacial score (nSPS) is 16.1. The van der Waals surface area contributed by atoms with Crippen LogP contribution in [0, 0.1) is 0 Å². The molecule has 1 aromatic heterocycles. The van der Waals surface area contributed by atoms with Gasteiger partial charge in [-0.15, -0.1) is 0 Å². The first-order valence-electron chi connectivity index (χ1n) is 13.5. The van der Waals surface area contributed by atoms with Crippen molar-refractivity contribution in [2.45, 2.75) is 32.0 Å². The van der Waals surface area contributed by atoms with Gasteiger partial charge in [0.1, 0.15) is 19.0 Å². The number of aromatic nitrogens is 1. The molecule has 9 nitrogen and oxygen atoms in total. The fraction of sp³-hybridized carbons (Fsp3) is 0.400. The highest BCUT2D eigenvalue weighted by molar-refractivity contribution is 5.96. The van der Waals surface area contributed by atoms with Crippen LogP contribution < -0.4 is 30.4 Å².